The molecule has 0 aromatic heterocycles. The summed E-state index contributed by atoms with van der Waals surface area (Å²) in [6, 6.07) is 7.65. The van der Waals surface area contributed by atoms with Crippen LogP contribution in [0.25, 0.3) is 0 Å². The van der Waals surface area contributed by atoms with Crippen molar-refractivity contribution < 1.29 is 9.53 Å². The molecule has 2 N–H and O–H groups in total. The molecule has 1 atom stereocenters. The van der Waals surface area contributed by atoms with Crippen LogP contribution in [-0.4, -0.2) is 43.7 Å². The highest BCUT2D eigenvalue weighted by Gasteiger charge is 2.24. The summed E-state index contributed by atoms with van der Waals surface area (Å²) in [7, 11) is 1.62. The largest absolute Gasteiger partial charge is 0.383 e. The molecule has 0 fully saturated rings. The molecule has 0 spiro atoms. The molecule has 1 heterocycles. The summed E-state index contributed by atoms with van der Waals surface area (Å²) in [4.78, 5) is 14.0. The van der Waals surface area contributed by atoms with Gasteiger partial charge in [-0.05, 0) is 18.1 Å². The zero-order chi connectivity index (χ0) is 12.3. The molecule has 1 aromatic carbocycles. The van der Waals surface area contributed by atoms with Crippen molar-refractivity contribution in [1.82, 2.24) is 4.90 Å². The summed E-state index contributed by atoms with van der Waals surface area (Å²) in [6.45, 7) is 1.78. The van der Waals surface area contributed by atoms with Crippen molar-refractivity contribution in [3.63, 3.8) is 0 Å². The van der Waals surface area contributed by atoms with E-state index in [2.05, 4.69) is 0 Å². The maximum absolute atomic E-state index is 12.2. The molecule has 1 aromatic rings. The predicted molar refractivity (Wildman–Crippen MR) is 65.9 cm³/mol. The van der Waals surface area contributed by atoms with Gasteiger partial charge in [-0.1, -0.05) is 18.2 Å². The topological polar surface area (TPSA) is 55.6 Å². The first-order valence-corrected chi connectivity index (χ1v) is 5.84. The number of benzene rings is 1. The first-order chi connectivity index (χ1) is 8.22. The predicted octanol–water partition coefficient (Wildman–Crippen LogP) is 0.659. The van der Waals surface area contributed by atoms with Gasteiger partial charge in [0.25, 0.3) is 5.91 Å². The van der Waals surface area contributed by atoms with Crippen LogP contribution in [0.15, 0.2) is 24.3 Å². The molecule has 1 aliphatic heterocycles. The minimum absolute atomic E-state index is 0.0819. The smallest absolute Gasteiger partial charge is 0.254 e. The highest BCUT2D eigenvalue weighted by atomic mass is 16.5. The molecular formula is C13H18N2O2. The van der Waals surface area contributed by atoms with Crippen LogP contribution in [0.4, 0.5) is 0 Å². The third-order valence-corrected chi connectivity index (χ3v) is 3.02. The second-order valence-corrected chi connectivity index (χ2v) is 4.37. The van der Waals surface area contributed by atoms with Crippen molar-refractivity contribution in [3.05, 3.63) is 35.4 Å². The highest BCUT2D eigenvalue weighted by molar-refractivity contribution is 5.96. The number of carbonyl (C=O) groups excluding carboxylic acids is 1. The molecular weight excluding hydrogens is 216 g/mol. The fraction of sp³-hybridized carbons (Fsp3) is 0.462. The van der Waals surface area contributed by atoms with Crippen LogP contribution in [0, 0.1) is 0 Å². The number of nitrogens with two attached hydrogens (primary N) is 1. The summed E-state index contributed by atoms with van der Waals surface area (Å²) in [5, 5.41) is 0. The van der Waals surface area contributed by atoms with E-state index in [1.807, 2.05) is 29.2 Å². The Balaban J connectivity index is 2.07. The average Bonchev–Trinajstić information content (AvgIpc) is 2.33. The molecule has 1 amide bonds. The van der Waals surface area contributed by atoms with E-state index in [4.69, 9.17) is 10.5 Å². The second-order valence-electron chi connectivity index (χ2n) is 4.37. The molecule has 0 bridgehead atoms. The number of methoxy groups -OCH3 is 1. The lowest BCUT2D eigenvalue weighted by Gasteiger charge is -2.30. The zero-order valence-electron chi connectivity index (χ0n) is 10.1. The average molecular weight is 234 g/mol. The van der Waals surface area contributed by atoms with Crippen LogP contribution in [-0.2, 0) is 11.2 Å². The Morgan fingerprint density at radius 2 is 2.24 bits per heavy atom. The van der Waals surface area contributed by atoms with Crippen molar-refractivity contribution in [2.75, 3.05) is 26.8 Å². The van der Waals surface area contributed by atoms with E-state index in [0.717, 1.165) is 24.1 Å². The Kier molecular flexibility index (Phi) is 3.76. The van der Waals surface area contributed by atoms with Crippen LogP contribution < -0.4 is 5.73 Å². The number of nitrogens with zero attached hydrogens (tertiary/aromatic N) is 1. The van der Waals surface area contributed by atoms with Crippen molar-refractivity contribution >= 4 is 5.91 Å². The lowest BCUT2D eigenvalue weighted by molar-refractivity contribution is 0.0703. The quantitative estimate of drug-likeness (QED) is 0.832. The molecule has 4 heteroatoms. The summed E-state index contributed by atoms with van der Waals surface area (Å²) < 4.78 is 4.99. The normalized spacial score (nSPS) is 16.8. The van der Waals surface area contributed by atoms with Gasteiger partial charge in [0.15, 0.2) is 0 Å². The molecule has 17 heavy (non-hydrogen) atoms. The number of hydrogen-bond donors (Lipinski definition) is 1. The van der Waals surface area contributed by atoms with E-state index in [0.29, 0.717) is 13.2 Å². The molecule has 2 rings (SSSR count). The van der Waals surface area contributed by atoms with Gasteiger partial charge >= 0.3 is 0 Å². The maximum atomic E-state index is 12.2. The van der Waals surface area contributed by atoms with Crippen molar-refractivity contribution in [1.29, 1.82) is 0 Å². The molecule has 0 saturated carbocycles. The Hall–Kier alpha value is -1.39. The number of hydrogen-bond acceptors (Lipinski definition) is 3. The standard InChI is InChI=1S/C13H18N2O2/c1-17-9-11(14)8-15-7-6-10-4-2-3-5-12(10)13(15)16/h2-5,11H,6-9,14H2,1H3. The summed E-state index contributed by atoms with van der Waals surface area (Å²) >= 11 is 0. The third-order valence-electron chi connectivity index (χ3n) is 3.02. The first-order valence-electron chi connectivity index (χ1n) is 5.84. The van der Waals surface area contributed by atoms with E-state index in [9.17, 15) is 4.79 Å². The van der Waals surface area contributed by atoms with E-state index < -0.39 is 0 Å². The fourth-order valence-corrected chi connectivity index (χ4v) is 2.20. The van der Waals surface area contributed by atoms with Gasteiger partial charge in [-0.15, -0.1) is 0 Å². The van der Waals surface area contributed by atoms with Crippen LogP contribution >= 0.6 is 0 Å². The van der Waals surface area contributed by atoms with Gasteiger partial charge in [0.2, 0.25) is 0 Å². The lowest BCUT2D eigenvalue weighted by atomic mass is 9.99. The molecule has 0 radical (unpaired) electrons. The number of carbonyl (C=O) groups is 1. The summed E-state index contributed by atoms with van der Waals surface area (Å²) in [6.07, 6.45) is 0.904. The summed E-state index contributed by atoms with van der Waals surface area (Å²) in [5.41, 5.74) is 7.82. The Bertz CT molecular complexity index is 406. The molecule has 1 unspecified atom stereocenters. The Morgan fingerprint density at radius 1 is 1.47 bits per heavy atom. The van der Waals surface area contributed by atoms with E-state index in [-0.39, 0.29) is 11.9 Å². The molecule has 0 aliphatic carbocycles. The van der Waals surface area contributed by atoms with Crippen LogP contribution in [0.1, 0.15) is 15.9 Å². The maximum Gasteiger partial charge on any atom is 0.254 e. The van der Waals surface area contributed by atoms with Crippen LogP contribution in [0.3, 0.4) is 0 Å². The van der Waals surface area contributed by atoms with Gasteiger partial charge in [0.1, 0.15) is 0 Å². The van der Waals surface area contributed by atoms with Gasteiger partial charge in [0.05, 0.1) is 6.61 Å². The number of ether oxygens (including phenoxy) is 1. The van der Waals surface area contributed by atoms with Crippen molar-refractivity contribution in [3.8, 4) is 0 Å². The second kappa shape index (κ2) is 5.29. The molecule has 1 aliphatic rings. The Labute approximate surface area is 101 Å². The zero-order valence-corrected chi connectivity index (χ0v) is 10.1. The van der Waals surface area contributed by atoms with Gasteiger partial charge in [-0.3, -0.25) is 4.79 Å². The van der Waals surface area contributed by atoms with Gasteiger partial charge < -0.3 is 15.4 Å². The SMILES string of the molecule is COCC(N)CN1CCc2ccccc2C1=O. The Morgan fingerprint density at radius 3 is 3.00 bits per heavy atom. The van der Waals surface area contributed by atoms with Gasteiger partial charge in [0, 0.05) is 31.8 Å². The van der Waals surface area contributed by atoms with Gasteiger partial charge in [-0.25, -0.2) is 0 Å². The lowest BCUT2D eigenvalue weighted by Crippen LogP contribution is -2.46. The third kappa shape index (κ3) is 2.65. The molecule has 4 nitrogen and oxygen atoms in total. The van der Waals surface area contributed by atoms with E-state index in [1.54, 1.807) is 7.11 Å². The van der Waals surface area contributed by atoms with Crippen LogP contribution in [0.2, 0.25) is 0 Å². The monoisotopic (exact) mass is 234 g/mol. The molecule has 92 valence electrons. The summed E-state index contributed by atoms with van der Waals surface area (Å²) in [5.74, 6) is 0.0819. The van der Waals surface area contributed by atoms with Crippen molar-refractivity contribution in [2.24, 2.45) is 5.73 Å². The number of rotatable bonds is 4. The minimum Gasteiger partial charge on any atom is -0.383 e. The van der Waals surface area contributed by atoms with E-state index in [1.165, 1.54) is 0 Å². The van der Waals surface area contributed by atoms with Gasteiger partial charge in [-0.2, -0.15) is 0 Å². The molecule has 0 saturated heterocycles. The number of fused-ring (bicyclic) bond motifs is 1. The van der Waals surface area contributed by atoms with Crippen LogP contribution in [0.5, 0.6) is 0 Å². The fourth-order valence-electron chi connectivity index (χ4n) is 2.20. The van der Waals surface area contributed by atoms with Crippen molar-refractivity contribution in [2.45, 2.75) is 12.5 Å². The number of amides is 1. The minimum atomic E-state index is -0.116. The first kappa shape index (κ1) is 12.1. The van der Waals surface area contributed by atoms with E-state index >= 15 is 0 Å². The highest BCUT2D eigenvalue weighted by Crippen LogP contribution is 2.18.